The Morgan fingerprint density at radius 1 is 1.60 bits per heavy atom. The summed E-state index contributed by atoms with van der Waals surface area (Å²) in [5.74, 6) is 0. The summed E-state index contributed by atoms with van der Waals surface area (Å²) < 4.78 is 0. The predicted molar refractivity (Wildman–Crippen MR) is 19.1 cm³/mol. The number of rotatable bonds is 1. The van der Waals surface area contributed by atoms with Gasteiger partial charge in [0.25, 0.3) is 5.48 Å². The lowest BCUT2D eigenvalue weighted by Gasteiger charge is -1.69. The van der Waals surface area contributed by atoms with Crippen LogP contribution in [0.2, 0.25) is 0 Å². The first-order valence-corrected chi connectivity index (χ1v) is 1.61. The van der Waals surface area contributed by atoms with E-state index in [1.54, 1.807) is 13.8 Å². The molecule has 0 fully saturated rings. The minimum Gasteiger partial charge on any atom is -0.0999 e. The molecule has 0 aromatic rings. The highest BCUT2D eigenvalue weighted by atomic mass is 16.5. The zero-order chi connectivity index (χ0) is 4.28. The maximum Gasteiger partial charge on any atom is 0.265 e. The van der Waals surface area contributed by atoms with E-state index in [1.807, 2.05) is 0 Å². The van der Waals surface area contributed by atoms with Gasteiger partial charge in [-0.05, 0) is 0 Å². The average molecular weight is 74.1 g/mol. The van der Waals surface area contributed by atoms with Crippen LogP contribution in [-0.4, -0.2) is 11.2 Å². The second-order valence-electron chi connectivity index (χ2n) is 1.21. The van der Waals surface area contributed by atoms with Crippen molar-refractivity contribution in [1.82, 2.24) is 5.48 Å². The van der Waals surface area contributed by atoms with Crippen LogP contribution < -0.4 is 5.48 Å². The van der Waals surface area contributed by atoms with Crippen LogP contribution in [0.3, 0.4) is 0 Å². The van der Waals surface area contributed by atoms with E-state index in [-0.39, 0.29) is 6.04 Å². The first kappa shape index (κ1) is 4.92. The van der Waals surface area contributed by atoms with E-state index in [1.165, 1.54) is 0 Å². The molecule has 0 amide bonds. The van der Waals surface area contributed by atoms with Crippen LogP contribution in [0.15, 0.2) is 0 Å². The molecule has 0 saturated heterocycles. The number of hydrogen-bond acceptors (Lipinski definition) is 1. The average Bonchev–Trinajstić information content (AvgIpc) is 1.38. The van der Waals surface area contributed by atoms with Gasteiger partial charge in [-0.25, -0.2) is 0 Å². The molecule has 0 rings (SSSR count). The summed E-state index contributed by atoms with van der Waals surface area (Å²) >= 11 is 0. The van der Waals surface area contributed by atoms with Gasteiger partial charge in [0, 0.05) is 13.8 Å². The molecular weight excluding hydrogens is 66.0 g/mol. The number of nitrogens with zero attached hydrogens (tertiary/aromatic N) is 1. The minimum absolute atomic E-state index is 0.0648. The fourth-order valence-electron chi connectivity index (χ4n) is 0. The highest BCUT2D eigenvalue weighted by molar-refractivity contribution is 4.34. The van der Waals surface area contributed by atoms with Gasteiger partial charge >= 0.3 is 0 Å². The van der Waals surface area contributed by atoms with E-state index in [0.29, 0.717) is 0 Å². The monoisotopic (exact) mass is 74.1 g/mol. The van der Waals surface area contributed by atoms with Crippen molar-refractivity contribution in [2.24, 2.45) is 0 Å². The van der Waals surface area contributed by atoms with Crippen molar-refractivity contribution in [3.05, 3.63) is 0 Å². The Balaban J connectivity index is 2.54. The molecule has 2 heteroatoms. The van der Waals surface area contributed by atoms with Crippen LogP contribution >= 0.6 is 0 Å². The molecule has 2 nitrogen and oxygen atoms in total. The molecule has 30 valence electrons. The second kappa shape index (κ2) is 2.18. The summed E-state index contributed by atoms with van der Waals surface area (Å²) in [4.78, 5) is 0. The Morgan fingerprint density at radius 2 is 1.80 bits per heavy atom. The van der Waals surface area contributed by atoms with Gasteiger partial charge in [0.2, 0.25) is 6.04 Å². The van der Waals surface area contributed by atoms with Gasteiger partial charge in [0.1, 0.15) is 0 Å². The van der Waals surface area contributed by atoms with Crippen LogP contribution in [0.1, 0.15) is 13.8 Å². The lowest BCUT2D eigenvalue weighted by atomic mass is 10.4. The van der Waals surface area contributed by atoms with Crippen LogP contribution in [0.25, 0.3) is 0 Å². The zero-order valence-electron chi connectivity index (χ0n) is 3.47. The van der Waals surface area contributed by atoms with E-state index in [9.17, 15) is 0 Å². The minimum atomic E-state index is 0.0648. The van der Waals surface area contributed by atoms with Crippen molar-refractivity contribution in [2.75, 3.05) is 0 Å². The van der Waals surface area contributed by atoms with Crippen molar-refractivity contribution in [3.8, 4) is 0 Å². The third-order valence-corrected chi connectivity index (χ3v) is 0.231. The summed E-state index contributed by atoms with van der Waals surface area (Å²) in [6.07, 6.45) is 0. The maximum absolute atomic E-state index is 7.77. The molecule has 5 heavy (non-hydrogen) atoms. The van der Waals surface area contributed by atoms with E-state index < -0.39 is 0 Å². The third-order valence-electron chi connectivity index (χ3n) is 0.231. The van der Waals surface area contributed by atoms with Gasteiger partial charge in [-0.1, -0.05) is 5.21 Å². The van der Waals surface area contributed by atoms with Crippen LogP contribution in [0.5, 0.6) is 0 Å². The molecular formula is C3H8NO+. The molecule has 0 unspecified atom stereocenters. The Kier molecular flexibility index (Phi) is 2.14. The molecule has 0 atom stereocenters. The van der Waals surface area contributed by atoms with Gasteiger partial charge in [-0.15, -0.1) is 0 Å². The highest BCUT2D eigenvalue weighted by Crippen LogP contribution is 1.69. The van der Waals surface area contributed by atoms with Gasteiger partial charge in [-0.2, -0.15) is 0 Å². The molecule has 0 aliphatic carbocycles. The lowest BCUT2D eigenvalue weighted by molar-refractivity contribution is 0.129. The molecule has 1 N–H and O–H groups in total. The SMILES string of the molecule is CC(C)[N+]O. The van der Waals surface area contributed by atoms with E-state index >= 15 is 0 Å². The van der Waals surface area contributed by atoms with Crippen molar-refractivity contribution in [2.45, 2.75) is 19.9 Å². The molecule has 2 radical (unpaired) electrons. The molecule has 0 aliphatic rings. The van der Waals surface area contributed by atoms with Crippen molar-refractivity contribution < 1.29 is 5.21 Å². The van der Waals surface area contributed by atoms with E-state index in [4.69, 9.17) is 5.21 Å². The molecule has 0 aromatic carbocycles. The van der Waals surface area contributed by atoms with Gasteiger partial charge in [0.15, 0.2) is 0 Å². The standard InChI is InChI=1S/C3H8NO/c1-3(2)4-5/h3,5H,1-2H3/q+1. The molecule has 0 aliphatic heterocycles. The van der Waals surface area contributed by atoms with Crippen molar-refractivity contribution in [3.63, 3.8) is 0 Å². The van der Waals surface area contributed by atoms with E-state index in [2.05, 4.69) is 5.48 Å². The Bertz CT molecular complexity index is 20.9. The summed E-state index contributed by atoms with van der Waals surface area (Å²) in [7, 11) is 0. The largest absolute Gasteiger partial charge is 0.265 e. The topological polar surface area (TPSA) is 34.3 Å². The fourth-order valence-corrected chi connectivity index (χ4v) is 0. The zero-order valence-corrected chi connectivity index (χ0v) is 3.47. The first-order valence-electron chi connectivity index (χ1n) is 1.61. The summed E-state index contributed by atoms with van der Waals surface area (Å²) in [6, 6.07) is 0.0648. The van der Waals surface area contributed by atoms with Gasteiger partial charge in [-0.3, -0.25) is 0 Å². The van der Waals surface area contributed by atoms with Crippen molar-refractivity contribution in [1.29, 1.82) is 0 Å². The van der Waals surface area contributed by atoms with Crippen LogP contribution in [0.4, 0.5) is 0 Å². The van der Waals surface area contributed by atoms with Crippen LogP contribution in [-0.2, 0) is 0 Å². The third kappa shape index (κ3) is 3.92. The lowest BCUT2D eigenvalue weighted by Crippen LogP contribution is -2.07. The fraction of sp³-hybridized carbons (Fsp3) is 1.00. The van der Waals surface area contributed by atoms with E-state index in [0.717, 1.165) is 0 Å². The Labute approximate surface area is 31.8 Å². The number of hydroxylamine groups is 1. The van der Waals surface area contributed by atoms with Crippen molar-refractivity contribution >= 4 is 0 Å². The Hall–Kier alpha value is -0.0800. The Morgan fingerprint density at radius 3 is 1.80 bits per heavy atom. The molecule has 0 saturated carbocycles. The summed E-state index contributed by atoms with van der Waals surface area (Å²) in [5.41, 5.74) is 2.89. The summed E-state index contributed by atoms with van der Waals surface area (Å²) in [6.45, 7) is 3.61. The number of hydrogen-bond donors (Lipinski definition) is 1. The second-order valence-corrected chi connectivity index (χ2v) is 1.21. The smallest absolute Gasteiger partial charge is 0.0999 e. The van der Waals surface area contributed by atoms with Crippen LogP contribution in [0, 0.1) is 0 Å². The van der Waals surface area contributed by atoms with Gasteiger partial charge in [0.05, 0.1) is 0 Å². The molecule has 0 heterocycles. The quantitative estimate of drug-likeness (QED) is 0.448. The molecule has 0 spiro atoms. The molecule has 0 aromatic heterocycles. The maximum atomic E-state index is 7.77. The predicted octanol–water partition coefficient (Wildman–Crippen LogP) is 0.388. The van der Waals surface area contributed by atoms with Gasteiger partial charge < -0.3 is 0 Å². The highest BCUT2D eigenvalue weighted by Gasteiger charge is 2.02. The normalized spacial score (nSPS) is 9.60. The summed E-state index contributed by atoms with van der Waals surface area (Å²) in [5, 5.41) is 7.77. The first-order chi connectivity index (χ1) is 2.27. The molecule has 0 bridgehead atoms.